The van der Waals surface area contributed by atoms with E-state index in [4.69, 9.17) is 9.47 Å². The molecule has 0 N–H and O–H groups in total. The molecule has 4 aromatic rings. The van der Waals surface area contributed by atoms with Crippen LogP contribution in [-0.2, 0) is 4.79 Å². The highest BCUT2D eigenvalue weighted by atomic mass is 127. The van der Waals surface area contributed by atoms with Gasteiger partial charge in [-0.2, -0.15) is 0 Å². The lowest BCUT2D eigenvalue weighted by Crippen LogP contribution is -2.32. The third-order valence-corrected chi connectivity index (χ3v) is 7.50. The van der Waals surface area contributed by atoms with Crippen LogP contribution in [-0.4, -0.2) is 35.2 Å². The van der Waals surface area contributed by atoms with Gasteiger partial charge in [0.05, 0.1) is 17.0 Å². The highest BCUT2D eigenvalue weighted by Crippen LogP contribution is 2.33. The first-order valence-corrected chi connectivity index (χ1v) is 13.3. The Labute approximate surface area is 231 Å². The number of benzene rings is 4. The van der Waals surface area contributed by atoms with Crippen molar-refractivity contribution in [1.82, 2.24) is 4.90 Å². The maximum absolute atomic E-state index is 12.9. The summed E-state index contributed by atoms with van der Waals surface area (Å²) in [6, 6.07) is 27.6. The fourth-order valence-corrected chi connectivity index (χ4v) is 5.34. The topological polar surface area (TPSA) is 72.9 Å². The molecule has 0 bridgehead atoms. The Hall–Kier alpha value is -3.63. The number of amides is 2. The van der Waals surface area contributed by atoms with Crippen molar-refractivity contribution in [3.63, 3.8) is 0 Å². The van der Waals surface area contributed by atoms with Crippen LogP contribution in [0.15, 0.2) is 95.9 Å². The van der Waals surface area contributed by atoms with Crippen LogP contribution in [0.25, 0.3) is 16.8 Å². The summed E-state index contributed by atoms with van der Waals surface area (Å²) < 4.78 is 12.2. The predicted octanol–water partition coefficient (Wildman–Crippen LogP) is 6.78. The average molecular weight is 621 g/mol. The quantitative estimate of drug-likeness (QED) is 0.0981. The standard InChI is InChI=1S/C29H20INO5S/c30-24-13-4-3-12-23(24)28(33)36-21-10-5-7-19(17-21)18-26-27(32)31(29(34)37-26)15-16-35-25-14-6-9-20-8-1-2-11-22(20)25/h1-14,17-18H,15-16H2/b26-18-. The molecule has 1 aliphatic heterocycles. The Morgan fingerprint density at radius 2 is 1.68 bits per heavy atom. The number of hydrogen-bond donors (Lipinski definition) is 0. The molecule has 0 atom stereocenters. The maximum Gasteiger partial charge on any atom is 0.344 e. The first kappa shape index (κ1) is 25.0. The van der Waals surface area contributed by atoms with E-state index in [1.54, 1.807) is 42.5 Å². The molecule has 5 rings (SSSR count). The molecule has 1 heterocycles. The molecule has 0 saturated carbocycles. The summed E-state index contributed by atoms with van der Waals surface area (Å²) in [7, 11) is 0. The van der Waals surface area contributed by atoms with Gasteiger partial charge in [0.25, 0.3) is 11.1 Å². The van der Waals surface area contributed by atoms with Gasteiger partial charge in [-0.25, -0.2) is 4.79 Å². The molecule has 184 valence electrons. The van der Waals surface area contributed by atoms with E-state index in [0.717, 1.165) is 26.1 Å². The summed E-state index contributed by atoms with van der Waals surface area (Å²) in [4.78, 5) is 39.5. The minimum Gasteiger partial charge on any atom is -0.491 e. The third-order valence-electron chi connectivity index (χ3n) is 5.66. The number of thioether (sulfide) groups is 1. The van der Waals surface area contributed by atoms with E-state index >= 15 is 0 Å². The summed E-state index contributed by atoms with van der Waals surface area (Å²) in [6.07, 6.45) is 1.63. The second-order valence-electron chi connectivity index (χ2n) is 8.10. The van der Waals surface area contributed by atoms with Gasteiger partial charge in [-0.15, -0.1) is 0 Å². The van der Waals surface area contributed by atoms with Gasteiger partial charge in [-0.3, -0.25) is 14.5 Å². The SMILES string of the molecule is O=C(Oc1cccc(/C=C2\SC(=O)N(CCOc3cccc4ccccc34)C2=O)c1)c1ccccc1I. The number of carbonyl (C=O) groups excluding carboxylic acids is 3. The summed E-state index contributed by atoms with van der Waals surface area (Å²) >= 11 is 2.96. The molecule has 1 aliphatic rings. The fourth-order valence-electron chi connectivity index (χ4n) is 3.87. The van der Waals surface area contributed by atoms with Crippen molar-refractivity contribution >= 4 is 68.3 Å². The number of ether oxygens (including phenoxy) is 2. The third kappa shape index (κ3) is 5.70. The van der Waals surface area contributed by atoms with Crippen LogP contribution in [0, 0.1) is 3.57 Å². The molecule has 1 fully saturated rings. The predicted molar refractivity (Wildman–Crippen MR) is 153 cm³/mol. The van der Waals surface area contributed by atoms with E-state index in [2.05, 4.69) is 22.6 Å². The number of nitrogens with zero attached hydrogens (tertiary/aromatic N) is 1. The molecule has 6 nitrogen and oxygen atoms in total. The Balaban J connectivity index is 1.24. The van der Waals surface area contributed by atoms with Crippen molar-refractivity contribution < 1.29 is 23.9 Å². The van der Waals surface area contributed by atoms with Crippen LogP contribution < -0.4 is 9.47 Å². The minimum atomic E-state index is -0.464. The molecule has 37 heavy (non-hydrogen) atoms. The number of halogens is 1. The second kappa shape index (κ2) is 11.2. The Morgan fingerprint density at radius 3 is 2.54 bits per heavy atom. The summed E-state index contributed by atoms with van der Waals surface area (Å²) in [5.41, 5.74) is 1.12. The van der Waals surface area contributed by atoms with Gasteiger partial charge < -0.3 is 9.47 Å². The van der Waals surface area contributed by atoms with Gasteiger partial charge in [0, 0.05) is 8.96 Å². The zero-order chi connectivity index (χ0) is 25.8. The molecule has 0 aliphatic carbocycles. The van der Waals surface area contributed by atoms with E-state index in [0.29, 0.717) is 27.5 Å². The minimum absolute atomic E-state index is 0.137. The molecule has 8 heteroatoms. The van der Waals surface area contributed by atoms with Crippen molar-refractivity contribution in [3.05, 3.63) is 111 Å². The average Bonchev–Trinajstić information content (AvgIpc) is 3.16. The van der Waals surface area contributed by atoms with Crippen molar-refractivity contribution in [2.75, 3.05) is 13.2 Å². The summed E-state index contributed by atoms with van der Waals surface area (Å²) in [5.74, 6) is 0.213. The van der Waals surface area contributed by atoms with Crippen LogP contribution in [0.5, 0.6) is 11.5 Å². The number of carbonyl (C=O) groups is 3. The lowest BCUT2D eigenvalue weighted by atomic mass is 10.1. The molecule has 0 radical (unpaired) electrons. The number of esters is 1. The maximum atomic E-state index is 12.9. The van der Waals surface area contributed by atoms with Crippen molar-refractivity contribution in [1.29, 1.82) is 0 Å². The number of fused-ring (bicyclic) bond motifs is 1. The Kier molecular flexibility index (Phi) is 7.57. The van der Waals surface area contributed by atoms with E-state index in [9.17, 15) is 14.4 Å². The van der Waals surface area contributed by atoms with Crippen LogP contribution in [0.3, 0.4) is 0 Å². The molecular weight excluding hydrogens is 601 g/mol. The van der Waals surface area contributed by atoms with Crippen LogP contribution >= 0.6 is 34.4 Å². The highest BCUT2D eigenvalue weighted by molar-refractivity contribution is 14.1. The lowest BCUT2D eigenvalue weighted by molar-refractivity contribution is -0.123. The van der Waals surface area contributed by atoms with Gasteiger partial charge in [0.2, 0.25) is 0 Å². The van der Waals surface area contributed by atoms with Crippen LogP contribution in [0.2, 0.25) is 0 Å². The molecule has 0 aromatic heterocycles. The number of rotatable bonds is 7. The lowest BCUT2D eigenvalue weighted by Gasteiger charge is -2.14. The normalized spacial score (nSPS) is 14.4. The van der Waals surface area contributed by atoms with E-state index in [1.165, 1.54) is 4.90 Å². The fraction of sp³-hybridized carbons (Fsp3) is 0.0690. The van der Waals surface area contributed by atoms with Crippen molar-refractivity contribution in [2.24, 2.45) is 0 Å². The largest absolute Gasteiger partial charge is 0.491 e. The van der Waals surface area contributed by atoms with Crippen molar-refractivity contribution in [3.8, 4) is 11.5 Å². The van der Waals surface area contributed by atoms with Crippen LogP contribution in [0.1, 0.15) is 15.9 Å². The Morgan fingerprint density at radius 1 is 0.919 bits per heavy atom. The molecule has 1 saturated heterocycles. The van der Waals surface area contributed by atoms with Gasteiger partial charge in [-0.1, -0.05) is 60.7 Å². The van der Waals surface area contributed by atoms with Gasteiger partial charge >= 0.3 is 5.97 Å². The second-order valence-corrected chi connectivity index (χ2v) is 10.3. The molecular formula is C29H20INO5S. The van der Waals surface area contributed by atoms with Crippen molar-refractivity contribution in [2.45, 2.75) is 0 Å². The highest BCUT2D eigenvalue weighted by Gasteiger charge is 2.34. The number of hydrogen-bond acceptors (Lipinski definition) is 6. The number of imide groups is 1. The zero-order valence-corrected chi connectivity index (χ0v) is 22.4. The molecule has 0 unspecified atom stereocenters. The zero-order valence-electron chi connectivity index (χ0n) is 19.4. The summed E-state index contributed by atoms with van der Waals surface area (Å²) in [6.45, 7) is 0.321. The van der Waals surface area contributed by atoms with Gasteiger partial charge in [0.1, 0.15) is 18.1 Å². The van der Waals surface area contributed by atoms with E-state index < -0.39 is 5.97 Å². The smallest absolute Gasteiger partial charge is 0.344 e. The Bertz CT molecular complexity index is 1550. The monoisotopic (exact) mass is 621 g/mol. The first-order valence-electron chi connectivity index (χ1n) is 11.4. The van der Waals surface area contributed by atoms with E-state index in [-0.39, 0.29) is 24.3 Å². The van der Waals surface area contributed by atoms with Gasteiger partial charge in [0.15, 0.2) is 0 Å². The van der Waals surface area contributed by atoms with Gasteiger partial charge in [-0.05, 0) is 81.7 Å². The van der Waals surface area contributed by atoms with Crippen LogP contribution in [0.4, 0.5) is 4.79 Å². The molecule has 4 aromatic carbocycles. The summed E-state index contributed by atoms with van der Waals surface area (Å²) in [5, 5.41) is 1.68. The molecule has 0 spiro atoms. The van der Waals surface area contributed by atoms with E-state index in [1.807, 2.05) is 54.6 Å². The first-order chi connectivity index (χ1) is 18.0. The molecule has 2 amide bonds.